The van der Waals surface area contributed by atoms with Crippen LogP contribution in [0.2, 0.25) is 0 Å². The Bertz CT molecular complexity index is 911. The summed E-state index contributed by atoms with van der Waals surface area (Å²) in [6.45, 7) is 7.17. The summed E-state index contributed by atoms with van der Waals surface area (Å²) in [5, 5.41) is 8.52. The summed E-state index contributed by atoms with van der Waals surface area (Å²) in [4.78, 5) is 14.6. The average molecular weight is 412 g/mol. The molecule has 0 N–H and O–H groups in total. The van der Waals surface area contributed by atoms with Crippen LogP contribution in [0.15, 0.2) is 64.2 Å². The number of carbonyl (C=O) groups is 1. The molecule has 0 saturated carbocycles. The summed E-state index contributed by atoms with van der Waals surface area (Å²) in [7, 11) is 0. The van der Waals surface area contributed by atoms with Gasteiger partial charge in [0.15, 0.2) is 0 Å². The number of hydrogen-bond donors (Lipinski definition) is 0. The highest BCUT2D eigenvalue weighted by atomic mass is 32.2. The number of carbonyl (C=O) groups excluding carboxylic acids is 1. The molecular weight excluding hydrogens is 386 g/mol. The molecule has 1 heterocycles. The quantitative estimate of drug-likeness (QED) is 0.477. The second-order valence-corrected chi connectivity index (χ2v) is 7.65. The van der Waals surface area contributed by atoms with E-state index in [0.717, 1.165) is 16.9 Å². The number of amides is 1. The van der Waals surface area contributed by atoms with Crippen molar-refractivity contribution in [2.75, 3.05) is 12.4 Å². The minimum Gasteiger partial charge on any atom is -0.494 e. The maximum Gasteiger partial charge on any atom is 0.277 e. The number of thioether (sulfide) groups is 1. The Morgan fingerprint density at radius 1 is 1.10 bits per heavy atom. The zero-order valence-electron chi connectivity index (χ0n) is 16.9. The highest BCUT2D eigenvalue weighted by Crippen LogP contribution is 2.25. The second kappa shape index (κ2) is 10.1. The van der Waals surface area contributed by atoms with Crippen LogP contribution in [0.25, 0.3) is 11.5 Å². The molecule has 6 nitrogen and oxygen atoms in total. The molecule has 0 radical (unpaired) electrons. The van der Waals surface area contributed by atoms with E-state index in [1.54, 1.807) is 0 Å². The molecule has 0 aliphatic carbocycles. The van der Waals surface area contributed by atoms with Crippen LogP contribution in [-0.2, 0) is 11.3 Å². The van der Waals surface area contributed by atoms with Crippen molar-refractivity contribution >= 4 is 17.7 Å². The Morgan fingerprint density at radius 2 is 1.83 bits per heavy atom. The highest BCUT2D eigenvalue weighted by Gasteiger charge is 2.19. The molecule has 2 aromatic carbocycles. The average Bonchev–Trinajstić information content (AvgIpc) is 3.21. The van der Waals surface area contributed by atoms with Crippen LogP contribution in [0, 0.1) is 0 Å². The van der Waals surface area contributed by atoms with Crippen LogP contribution in [0.1, 0.15) is 26.3 Å². The van der Waals surface area contributed by atoms with Gasteiger partial charge in [-0.25, -0.2) is 0 Å². The first-order valence-corrected chi connectivity index (χ1v) is 10.6. The van der Waals surface area contributed by atoms with Gasteiger partial charge in [-0.3, -0.25) is 4.79 Å². The smallest absolute Gasteiger partial charge is 0.277 e. The molecule has 3 rings (SSSR count). The first kappa shape index (κ1) is 20.9. The Labute approximate surface area is 175 Å². The third-order valence-electron chi connectivity index (χ3n) is 4.28. The molecule has 0 spiro atoms. The Morgan fingerprint density at radius 3 is 2.48 bits per heavy atom. The molecule has 29 heavy (non-hydrogen) atoms. The van der Waals surface area contributed by atoms with Crippen molar-refractivity contribution < 1.29 is 13.9 Å². The summed E-state index contributed by atoms with van der Waals surface area (Å²) >= 11 is 1.26. The fraction of sp³-hybridized carbons (Fsp3) is 0.318. The van der Waals surface area contributed by atoms with E-state index in [1.807, 2.05) is 80.3 Å². The van der Waals surface area contributed by atoms with Gasteiger partial charge in [0.25, 0.3) is 5.22 Å². The van der Waals surface area contributed by atoms with Crippen molar-refractivity contribution in [3.8, 4) is 17.2 Å². The van der Waals surface area contributed by atoms with Gasteiger partial charge in [0.1, 0.15) is 5.75 Å². The molecule has 152 valence electrons. The van der Waals surface area contributed by atoms with E-state index in [2.05, 4.69) is 10.2 Å². The van der Waals surface area contributed by atoms with Crippen LogP contribution in [0.5, 0.6) is 5.75 Å². The molecule has 0 bridgehead atoms. The Balaban J connectivity index is 1.59. The summed E-state index contributed by atoms with van der Waals surface area (Å²) in [6.07, 6.45) is 0. The van der Waals surface area contributed by atoms with Gasteiger partial charge in [0.05, 0.1) is 12.4 Å². The fourth-order valence-electron chi connectivity index (χ4n) is 2.79. The summed E-state index contributed by atoms with van der Waals surface area (Å²) in [5.41, 5.74) is 1.92. The van der Waals surface area contributed by atoms with E-state index < -0.39 is 0 Å². The number of hydrogen-bond acceptors (Lipinski definition) is 6. The minimum absolute atomic E-state index is 0.0367. The third-order valence-corrected chi connectivity index (χ3v) is 5.08. The summed E-state index contributed by atoms with van der Waals surface area (Å²) < 4.78 is 11.1. The SMILES string of the molecule is CCOc1ccc(-c2nnc(SCC(=O)N(Cc3ccccc3)C(C)C)o2)cc1. The molecule has 0 fully saturated rings. The fourth-order valence-corrected chi connectivity index (χ4v) is 3.44. The first-order valence-electron chi connectivity index (χ1n) is 9.59. The van der Waals surface area contributed by atoms with E-state index in [1.165, 1.54) is 11.8 Å². The van der Waals surface area contributed by atoms with E-state index in [4.69, 9.17) is 9.15 Å². The van der Waals surface area contributed by atoms with E-state index in [9.17, 15) is 4.79 Å². The molecule has 1 amide bonds. The lowest BCUT2D eigenvalue weighted by atomic mass is 10.2. The van der Waals surface area contributed by atoms with E-state index >= 15 is 0 Å². The topological polar surface area (TPSA) is 68.5 Å². The van der Waals surface area contributed by atoms with Gasteiger partial charge in [-0.15, -0.1) is 10.2 Å². The van der Waals surface area contributed by atoms with Gasteiger partial charge in [-0.1, -0.05) is 42.1 Å². The Hall–Kier alpha value is -2.80. The zero-order valence-corrected chi connectivity index (χ0v) is 17.7. The van der Waals surface area contributed by atoms with Crippen molar-refractivity contribution in [2.24, 2.45) is 0 Å². The van der Waals surface area contributed by atoms with Gasteiger partial charge in [0.2, 0.25) is 11.8 Å². The molecule has 0 atom stereocenters. The number of ether oxygens (including phenoxy) is 1. The lowest BCUT2D eigenvalue weighted by Crippen LogP contribution is -2.37. The largest absolute Gasteiger partial charge is 0.494 e. The van der Waals surface area contributed by atoms with Gasteiger partial charge in [-0.2, -0.15) is 0 Å². The van der Waals surface area contributed by atoms with Crippen LogP contribution < -0.4 is 4.74 Å². The van der Waals surface area contributed by atoms with E-state index in [-0.39, 0.29) is 17.7 Å². The van der Waals surface area contributed by atoms with E-state index in [0.29, 0.717) is 24.3 Å². The lowest BCUT2D eigenvalue weighted by Gasteiger charge is -2.26. The van der Waals surface area contributed by atoms with Crippen molar-refractivity contribution in [3.05, 3.63) is 60.2 Å². The summed E-state index contributed by atoms with van der Waals surface area (Å²) in [6, 6.07) is 17.6. The number of benzene rings is 2. The van der Waals surface area contributed by atoms with Crippen LogP contribution in [0.4, 0.5) is 0 Å². The molecular formula is C22H25N3O3S. The normalized spacial score (nSPS) is 10.9. The highest BCUT2D eigenvalue weighted by molar-refractivity contribution is 7.99. The maximum absolute atomic E-state index is 12.7. The summed E-state index contributed by atoms with van der Waals surface area (Å²) in [5.74, 6) is 1.50. The number of nitrogens with zero attached hydrogens (tertiary/aromatic N) is 3. The third kappa shape index (κ3) is 5.84. The van der Waals surface area contributed by atoms with Crippen LogP contribution in [-0.4, -0.2) is 39.4 Å². The number of aromatic nitrogens is 2. The molecule has 0 unspecified atom stereocenters. The molecule has 0 aliphatic rings. The van der Waals surface area contributed by atoms with Crippen LogP contribution in [0.3, 0.4) is 0 Å². The predicted molar refractivity (Wildman–Crippen MR) is 114 cm³/mol. The minimum atomic E-state index is 0.0367. The van der Waals surface area contributed by atoms with Gasteiger partial charge in [-0.05, 0) is 50.6 Å². The molecule has 0 saturated heterocycles. The zero-order chi connectivity index (χ0) is 20.6. The second-order valence-electron chi connectivity index (χ2n) is 6.72. The lowest BCUT2D eigenvalue weighted by molar-refractivity contribution is -0.130. The van der Waals surface area contributed by atoms with Crippen molar-refractivity contribution in [2.45, 2.75) is 38.6 Å². The maximum atomic E-state index is 12.7. The van der Waals surface area contributed by atoms with Gasteiger partial charge >= 0.3 is 0 Å². The molecule has 1 aromatic heterocycles. The first-order chi connectivity index (χ1) is 14.1. The monoisotopic (exact) mass is 411 g/mol. The molecule has 7 heteroatoms. The van der Waals surface area contributed by atoms with Crippen molar-refractivity contribution in [3.63, 3.8) is 0 Å². The van der Waals surface area contributed by atoms with Crippen LogP contribution >= 0.6 is 11.8 Å². The van der Waals surface area contributed by atoms with Crippen molar-refractivity contribution in [1.82, 2.24) is 15.1 Å². The van der Waals surface area contributed by atoms with Gasteiger partial charge < -0.3 is 14.1 Å². The Kier molecular flexibility index (Phi) is 7.30. The molecule has 3 aromatic rings. The van der Waals surface area contributed by atoms with Crippen molar-refractivity contribution in [1.29, 1.82) is 0 Å². The molecule has 0 aliphatic heterocycles. The number of rotatable bonds is 9. The standard InChI is InChI=1S/C22H25N3O3S/c1-4-27-19-12-10-18(11-13-19)21-23-24-22(28-21)29-15-20(26)25(16(2)3)14-17-8-6-5-7-9-17/h5-13,16H,4,14-15H2,1-3H3. The predicted octanol–water partition coefficient (Wildman–Crippen LogP) is 4.66. The van der Waals surface area contributed by atoms with Gasteiger partial charge in [0, 0.05) is 18.2 Å².